The van der Waals surface area contributed by atoms with Gasteiger partial charge >= 0.3 is 5.97 Å². The lowest BCUT2D eigenvalue weighted by Crippen LogP contribution is -2.19. The summed E-state index contributed by atoms with van der Waals surface area (Å²) in [5, 5.41) is 3.76. The molecular weight excluding hydrogens is 394 g/mol. The molecule has 1 heterocycles. The van der Waals surface area contributed by atoms with Crippen LogP contribution in [0, 0.1) is 0 Å². The molecule has 1 aromatic heterocycles. The zero-order valence-electron chi connectivity index (χ0n) is 14.8. The molecule has 7 nitrogen and oxygen atoms in total. The average Bonchev–Trinajstić information content (AvgIpc) is 3.38. The van der Waals surface area contributed by atoms with Gasteiger partial charge in [0.25, 0.3) is 0 Å². The first-order valence-electron chi connectivity index (χ1n) is 8.33. The zero-order valence-corrected chi connectivity index (χ0v) is 16.3. The molecule has 3 rings (SSSR count). The van der Waals surface area contributed by atoms with Crippen molar-refractivity contribution in [3.8, 4) is 0 Å². The molecule has 1 unspecified atom stereocenters. The molecule has 0 amide bonds. The van der Waals surface area contributed by atoms with Crippen molar-refractivity contribution in [1.82, 2.24) is 5.16 Å². The molecule has 0 spiro atoms. The van der Waals surface area contributed by atoms with E-state index in [1.54, 1.807) is 6.92 Å². The van der Waals surface area contributed by atoms with Gasteiger partial charge < -0.3 is 9.26 Å². The number of sulfone groups is 1. The standard InChI is InChI=1S/C18H18ClNO6S/c1-10(9-19)25-18(22)15-14(17(26-20-15)12-3-4-12)16(21)11-5-7-13(8-6-11)27(2,23)24/h5-8,10,12H,3-4,9H2,1-2H3. The van der Waals surface area contributed by atoms with Gasteiger partial charge in [-0.3, -0.25) is 4.79 Å². The van der Waals surface area contributed by atoms with E-state index in [9.17, 15) is 18.0 Å². The lowest BCUT2D eigenvalue weighted by molar-refractivity contribution is 0.0369. The summed E-state index contributed by atoms with van der Waals surface area (Å²) in [6, 6.07) is 5.50. The van der Waals surface area contributed by atoms with Crippen molar-refractivity contribution in [1.29, 1.82) is 0 Å². The van der Waals surface area contributed by atoms with E-state index in [0.717, 1.165) is 19.1 Å². The maximum absolute atomic E-state index is 13.0. The minimum atomic E-state index is -3.38. The first-order chi connectivity index (χ1) is 12.7. The minimum absolute atomic E-state index is 0.0405. The molecule has 1 aliphatic rings. The number of esters is 1. The third kappa shape index (κ3) is 4.22. The van der Waals surface area contributed by atoms with Crippen LogP contribution >= 0.6 is 11.6 Å². The number of carbonyl (C=O) groups is 2. The molecule has 0 aliphatic heterocycles. The van der Waals surface area contributed by atoms with Crippen molar-refractivity contribution in [3.05, 3.63) is 46.8 Å². The Morgan fingerprint density at radius 1 is 1.30 bits per heavy atom. The molecule has 0 bridgehead atoms. The van der Waals surface area contributed by atoms with Crippen LogP contribution in [0.5, 0.6) is 0 Å². The summed E-state index contributed by atoms with van der Waals surface area (Å²) in [4.78, 5) is 25.5. The van der Waals surface area contributed by atoms with Crippen LogP contribution in [0.1, 0.15) is 57.9 Å². The van der Waals surface area contributed by atoms with Crippen LogP contribution in [0.15, 0.2) is 33.7 Å². The fourth-order valence-electron chi connectivity index (χ4n) is 2.55. The Balaban J connectivity index is 1.98. The fraction of sp³-hybridized carbons (Fsp3) is 0.389. The molecule has 0 saturated heterocycles. The summed E-state index contributed by atoms with van der Waals surface area (Å²) >= 11 is 5.66. The molecular formula is C18H18ClNO6S. The third-order valence-corrected chi connectivity index (χ3v) is 5.72. The van der Waals surface area contributed by atoms with Gasteiger partial charge in [0.2, 0.25) is 5.69 Å². The highest BCUT2D eigenvalue weighted by molar-refractivity contribution is 7.90. The highest BCUT2D eigenvalue weighted by atomic mass is 35.5. The molecule has 1 aromatic carbocycles. The van der Waals surface area contributed by atoms with Gasteiger partial charge in [-0.05, 0) is 44.0 Å². The quantitative estimate of drug-likeness (QED) is 0.392. The molecule has 27 heavy (non-hydrogen) atoms. The van der Waals surface area contributed by atoms with E-state index in [2.05, 4.69) is 5.16 Å². The summed E-state index contributed by atoms with van der Waals surface area (Å²) in [6.07, 6.45) is 2.22. The smallest absolute Gasteiger partial charge is 0.361 e. The number of benzene rings is 1. The Bertz CT molecular complexity index is 976. The number of ketones is 1. The van der Waals surface area contributed by atoms with Crippen molar-refractivity contribution in [2.24, 2.45) is 0 Å². The van der Waals surface area contributed by atoms with E-state index in [4.69, 9.17) is 20.9 Å². The highest BCUT2D eigenvalue weighted by Gasteiger charge is 2.37. The maximum Gasteiger partial charge on any atom is 0.361 e. The number of halogens is 1. The van der Waals surface area contributed by atoms with Crippen molar-refractivity contribution < 1.29 is 27.3 Å². The molecule has 0 N–H and O–H groups in total. The molecule has 1 aliphatic carbocycles. The van der Waals surface area contributed by atoms with Crippen LogP contribution in [-0.2, 0) is 14.6 Å². The van der Waals surface area contributed by atoms with E-state index in [1.807, 2.05) is 0 Å². The SMILES string of the molecule is CC(CCl)OC(=O)c1noc(C2CC2)c1C(=O)c1ccc(S(C)(=O)=O)cc1. The van der Waals surface area contributed by atoms with Crippen molar-refractivity contribution in [2.45, 2.75) is 36.7 Å². The number of hydrogen-bond donors (Lipinski definition) is 0. The van der Waals surface area contributed by atoms with Crippen LogP contribution in [0.3, 0.4) is 0 Å². The molecule has 1 saturated carbocycles. The zero-order chi connectivity index (χ0) is 19.8. The topological polar surface area (TPSA) is 104 Å². The van der Waals surface area contributed by atoms with E-state index in [0.29, 0.717) is 5.76 Å². The van der Waals surface area contributed by atoms with E-state index < -0.39 is 27.7 Å². The Labute approximate surface area is 161 Å². The third-order valence-electron chi connectivity index (χ3n) is 4.16. The molecule has 9 heteroatoms. The second kappa shape index (κ2) is 7.44. The van der Waals surface area contributed by atoms with Gasteiger partial charge in [-0.25, -0.2) is 13.2 Å². The minimum Gasteiger partial charge on any atom is -0.457 e. The van der Waals surface area contributed by atoms with Gasteiger partial charge in [-0.2, -0.15) is 0 Å². The first kappa shape index (κ1) is 19.6. The summed E-state index contributed by atoms with van der Waals surface area (Å²) < 4.78 is 33.6. The lowest BCUT2D eigenvalue weighted by atomic mass is 9.99. The summed E-state index contributed by atoms with van der Waals surface area (Å²) in [7, 11) is -3.38. The Hall–Kier alpha value is -2.19. The van der Waals surface area contributed by atoms with Crippen LogP contribution in [-0.4, -0.2) is 43.6 Å². The van der Waals surface area contributed by atoms with E-state index in [1.165, 1.54) is 24.3 Å². The summed E-state index contributed by atoms with van der Waals surface area (Å²) in [5.74, 6) is -0.745. The maximum atomic E-state index is 13.0. The van der Waals surface area contributed by atoms with Crippen LogP contribution < -0.4 is 0 Å². The molecule has 1 fully saturated rings. The highest BCUT2D eigenvalue weighted by Crippen LogP contribution is 2.43. The van der Waals surface area contributed by atoms with Crippen molar-refractivity contribution in [2.75, 3.05) is 12.1 Å². The number of ether oxygens (including phenoxy) is 1. The summed E-state index contributed by atoms with van der Waals surface area (Å²) in [5.41, 5.74) is 0.106. The van der Waals surface area contributed by atoms with Gasteiger partial charge in [0.05, 0.1) is 10.8 Å². The second-order valence-corrected chi connectivity index (χ2v) is 8.86. The number of aromatic nitrogens is 1. The van der Waals surface area contributed by atoms with Crippen LogP contribution in [0.4, 0.5) is 0 Å². The molecule has 2 aromatic rings. The molecule has 144 valence electrons. The molecule has 0 radical (unpaired) electrons. The van der Waals surface area contributed by atoms with Gasteiger partial charge in [-0.15, -0.1) is 11.6 Å². The fourth-order valence-corrected chi connectivity index (χ4v) is 3.25. The predicted octanol–water partition coefficient (Wildman–Crippen LogP) is 2.97. The summed E-state index contributed by atoms with van der Waals surface area (Å²) in [6.45, 7) is 1.62. The van der Waals surface area contributed by atoms with Gasteiger partial charge in [-0.1, -0.05) is 5.16 Å². The largest absolute Gasteiger partial charge is 0.457 e. The van der Waals surface area contributed by atoms with E-state index >= 15 is 0 Å². The Kier molecular flexibility index (Phi) is 5.39. The van der Waals surface area contributed by atoms with Crippen LogP contribution in [0.25, 0.3) is 0 Å². The number of nitrogens with zero attached hydrogens (tertiary/aromatic N) is 1. The average molecular weight is 412 g/mol. The van der Waals surface area contributed by atoms with Gasteiger partial charge in [0.15, 0.2) is 21.4 Å². The predicted molar refractivity (Wildman–Crippen MR) is 97.1 cm³/mol. The normalized spacial score (nSPS) is 15.4. The Morgan fingerprint density at radius 3 is 2.44 bits per heavy atom. The number of rotatable bonds is 7. The van der Waals surface area contributed by atoms with Gasteiger partial charge in [0, 0.05) is 17.7 Å². The van der Waals surface area contributed by atoms with Crippen LogP contribution in [0.2, 0.25) is 0 Å². The second-order valence-electron chi connectivity index (χ2n) is 6.54. The molecule has 1 atom stereocenters. The van der Waals surface area contributed by atoms with Crippen molar-refractivity contribution in [3.63, 3.8) is 0 Å². The van der Waals surface area contributed by atoms with E-state index in [-0.39, 0.29) is 33.5 Å². The number of carbonyl (C=O) groups excluding carboxylic acids is 2. The lowest BCUT2D eigenvalue weighted by Gasteiger charge is -2.09. The first-order valence-corrected chi connectivity index (χ1v) is 10.8. The monoisotopic (exact) mass is 411 g/mol. The Morgan fingerprint density at radius 2 is 1.93 bits per heavy atom. The van der Waals surface area contributed by atoms with Gasteiger partial charge in [0.1, 0.15) is 11.7 Å². The van der Waals surface area contributed by atoms with Crippen molar-refractivity contribution >= 4 is 33.2 Å². The number of hydrogen-bond acceptors (Lipinski definition) is 7. The number of alkyl halides is 1.